The van der Waals surface area contributed by atoms with Crippen molar-refractivity contribution in [2.24, 2.45) is 5.73 Å². The molecule has 0 aliphatic heterocycles. The van der Waals surface area contributed by atoms with Gasteiger partial charge in [-0.3, -0.25) is 4.40 Å². The van der Waals surface area contributed by atoms with Gasteiger partial charge in [-0.25, -0.2) is 4.98 Å². The number of aryl methyl sites for hydroxylation is 1. The van der Waals surface area contributed by atoms with Gasteiger partial charge in [-0.2, -0.15) is 0 Å². The maximum Gasteiger partial charge on any atom is 0.204 e. The Hall–Kier alpha value is -2.47. The van der Waals surface area contributed by atoms with Gasteiger partial charge >= 0.3 is 0 Å². The molecule has 0 saturated carbocycles. The molecule has 2 heterocycles. The summed E-state index contributed by atoms with van der Waals surface area (Å²) >= 11 is 0. The van der Waals surface area contributed by atoms with Crippen LogP contribution in [0.3, 0.4) is 0 Å². The SMILES string of the molecule is Cc1nnc2c(Nc3ccccc3CN)nccn12. The van der Waals surface area contributed by atoms with Crippen LogP contribution >= 0.6 is 0 Å². The number of hydrogen-bond donors (Lipinski definition) is 2. The van der Waals surface area contributed by atoms with Crippen molar-refractivity contribution in [1.29, 1.82) is 0 Å². The van der Waals surface area contributed by atoms with Crippen LogP contribution < -0.4 is 11.1 Å². The second-order valence-electron chi connectivity index (χ2n) is 4.20. The third-order valence-corrected chi connectivity index (χ3v) is 2.99. The molecule has 3 rings (SSSR count). The summed E-state index contributed by atoms with van der Waals surface area (Å²) in [7, 11) is 0. The van der Waals surface area contributed by atoms with Gasteiger partial charge in [0.15, 0.2) is 5.82 Å². The summed E-state index contributed by atoms with van der Waals surface area (Å²) in [6.45, 7) is 2.37. The molecule has 96 valence electrons. The Morgan fingerprint density at radius 1 is 1.26 bits per heavy atom. The number of fused-ring (bicyclic) bond motifs is 1. The van der Waals surface area contributed by atoms with Crippen LogP contribution in [0.1, 0.15) is 11.4 Å². The van der Waals surface area contributed by atoms with E-state index in [1.54, 1.807) is 6.20 Å². The Morgan fingerprint density at radius 3 is 2.95 bits per heavy atom. The quantitative estimate of drug-likeness (QED) is 0.742. The summed E-state index contributed by atoms with van der Waals surface area (Å²) in [4.78, 5) is 4.32. The summed E-state index contributed by atoms with van der Waals surface area (Å²) in [5, 5.41) is 11.4. The molecule has 0 unspecified atom stereocenters. The lowest BCUT2D eigenvalue weighted by atomic mass is 10.2. The molecule has 3 aromatic rings. The molecule has 6 nitrogen and oxygen atoms in total. The lowest BCUT2D eigenvalue weighted by Crippen LogP contribution is -2.04. The molecule has 0 amide bonds. The minimum Gasteiger partial charge on any atom is -0.337 e. The molecule has 0 aliphatic carbocycles. The van der Waals surface area contributed by atoms with Crippen LogP contribution in [0.2, 0.25) is 0 Å². The van der Waals surface area contributed by atoms with Crippen molar-refractivity contribution in [2.45, 2.75) is 13.5 Å². The highest BCUT2D eigenvalue weighted by Gasteiger charge is 2.09. The third kappa shape index (κ3) is 2.02. The van der Waals surface area contributed by atoms with Gasteiger partial charge in [0.1, 0.15) is 5.82 Å². The van der Waals surface area contributed by atoms with Gasteiger partial charge in [0.25, 0.3) is 0 Å². The molecule has 6 heteroatoms. The van der Waals surface area contributed by atoms with E-state index < -0.39 is 0 Å². The van der Waals surface area contributed by atoms with E-state index >= 15 is 0 Å². The number of nitrogens with zero attached hydrogens (tertiary/aromatic N) is 4. The standard InChI is InChI=1S/C13H14N6/c1-9-17-18-13-12(15-6-7-19(9)13)16-11-5-3-2-4-10(11)8-14/h2-7H,8,14H2,1H3,(H,15,16). The van der Waals surface area contributed by atoms with E-state index in [2.05, 4.69) is 20.5 Å². The molecular weight excluding hydrogens is 240 g/mol. The molecule has 19 heavy (non-hydrogen) atoms. The van der Waals surface area contributed by atoms with Gasteiger partial charge in [-0.15, -0.1) is 10.2 Å². The number of nitrogens with two attached hydrogens (primary N) is 1. The van der Waals surface area contributed by atoms with Crippen LogP contribution in [0.25, 0.3) is 5.65 Å². The van der Waals surface area contributed by atoms with E-state index in [4.69, 9.17) is 5.73 Å². The lowest BCUT2D eigenvalue weighted by Gasteiger charge is -2.10. The van der Waals surface area contributed by atoms with Crippen molar-refractivity contribution in [2.75, 3.05) is 5.32 Å². The number of anilines is 2. The molecule has 2 aromatic heterocycles. The molecule has 0 radical (unpaired) electrons. The average Bonchev–Trinajstić information content (AvgIpc) is 2.82. The second kappa shape index (κ2) is 4.66. The third-order valence-electron chi connectivity index (χ3n) is 2.99. The predicted octanol–water partition coefficient (Wildman–Crippen LogP) is 1.64. The van der Waals surface area contributed by atoms with E-state index in [-0.39, 0.29) is 0 Å². The Morgan fingerprint density at radius 2 is 2.11 bits per heavy atom. The zero-order valence-corrected chi connectivity index (χ0v) is 10.5. The van der Waals surface area contributed by atoms with Crippen molar-refractivity contribution in [3.63, 3.8) is 0 Å². The normalized spacial score (nSPS) is 10.8. The molecule has 0 bridgehead atoms. The molecule has 0 aliphatic rings. The van der Waals surface area contributed by atoms with Crippen LogP contribution in [-0.2, 0) is 6.54 Å². The van der Waals surface area contributed by atoms with Crippen molar-refractivity contribution >= 4 is 17.2 Å². The first-order valence-electron chi connectivity index (χ1n) is 6.01. The molecule has 3 N–H and O–H groups in total. The summed E-state index contributed by atoms with van der Waals surface area (Å²) in [5.41, 5.74) is 8.39. The zero-order chi connectivity index (χ0) is 13.2. The maximum atomic E-state index is 5.73. The smallest absolute Gasteiger partial charge is 0.204 e. The number of nitrogens with one attached hydrogen (secondary N) is 1. The summed E-state index contributed by atoms with van der Waals surface area (Å²) < 4.78 is 1.89. The minimum absolute atomic E-state index is 0.470. The molecular formula is C13H14N6. The van der Waals surface area contributed by atoms with Gasteiger partial charge in [0.2, 0.25) is 5.65 Å². The number of hydrogen-bond acceptors (Lipinski definition) is 5. The molecule has 0 fully saturated rings. The van der Waals surface area contributed by atoms with E-state index in [0.29, 0.717) is 18.0 Å². The van der Waals surface area contributed by atoms with Crippen LogP contribution in [0.15, 0.2) is 36.7 Å². The first-order chi connectivity index (χ1) is 9.29. The number of rotatable bonds is 3. The van der Waals surface area contributed by atoms with Gasteiger partial charge in [0, 0.05) is 24.6 Å². The Labute approximate surface area is 110 Å². The predicted molar refractivity (Wildman–Crippen MR) is 73.1 cm³/mol. The number of benzene rings is 1. The highest BCUT2D eigenvalue weighted by molar-refractivity contribution is 5.71. The fourth-order valence-electron chi connectivity index (χ4n) is 1.98. The highest BCUT2D eigenvalue weighted by atomic mass is 15.3. The zero-order valence-electron chi connectivity index (χ0n) is 10.5. The van der Waals surface area contributed by atoms with Crippen molar-refractivity contribution in [3.8, 4) is 0 Å². The van der Waals surface area contributed by atoms with E-state index in [1.807, 2.05) is 41.8 Å². The molecule has 0 atom stereocenters. The van der Waals surface area contributed by atoms with Crippen LogP contribution in [0.5, 0.6) is 0 Å². The van der Waals surface area contributed by atoms with Crippen molar-refractivity contribution in [1.82, 2.24) is 19.6 Å². The van der Waals surface area contributed by atoms with Crippen molar-refractivity contribution in [3.05, 3.63) is 48.0 Å². The second-order valence-corrected chi connectivity index (χ2v) is 4.20. The number of aromatic nitrogens is 4. The number of para-hydroxylation sites is 1. The Balaban J connectivity index is 2.06. The summed E-state index contributed by atoms with van der Waals surface area (Å²) in [5.74, 6) is 1.50. The van der Waals surface area contributed by atoms with E-state index in [1.165, 1.54) is 0 Å². The van der Waals surface area contributed by atoms with Crippen molar-refractivity contribution < 1.29 is 0 Å². The summed E-state index contributed by atoms with van der Waals surface area (Å²) in [6.07, 6.45) is 3.56. The van der Waals surface area contributed by atoms with E-state index in [0.717, 1.165) is 17.1 Å². The van der Waals surface area contributed by atoms with Gasteiger partial charge in [0.05, 0.1) is 0 Å². The van der Waals surface area contributed by atoms with E-state index in [9.17, 15) is 0 Å². The van der Waals surface area contributed by atoms with Crippen LogP contribution in [0.4, 0.5) is 11.5 Å². The van der Waals surface area contributed by atoms with Gasteiger partial charge in [-0.1, -0.05) is 18.2 Å². The maximum absolute atomic E-state index is 5.73. The fraction of sp³-hybridized carbons (Fsp3) is 0.154. The van der Waals surface area contributed by atoms with Crippen LogP contribution in [-0.4, -0.2) is 19.6 Å². The topological polar surface area (TPSA) is 81.1 Å². The Kier molecular flexibility index (Phi) is 2.85. The summed E-state index contributed by atoms with van der Waals surface area (Å²) in [6, 6.07) is 7.87. The lowest BCUT2D eigenvalue weighted by molar-refractivity contribution is 1.00. The van der Waals surface area contributed by atoms with Crippen LogP contribution in [0, 0.1) is 6.92 Å². The fourth-order valence-corrected chi connectivity index (χ4v) is 1.98. The molecule has 0 spiro atoms. The first kappa shape index (κ1) is 11.6. The minimum atomic E-state index is 0.470. The largest absolute Gasteiger partial charge is 0.337 e. The Bertz CT molecular complexity index is 718. The molecule has 0 saturated heterocycles. The first-order valence-corrected chi connectivity index (χ1v) is 6.01. The monoisotopic (exact) mass is 254 g/mol. The average molecular weight is 254 g/mol. The highest BCUT2D eigenvalue weighted by Crippen LogP contribution is 2.21. The van der Waals surface area contributed by atoms with Gasteiger partial charge in [-0.05, 0) is 18.6 Å². The van der Waals surface area contributed by atoms with Gasteiger partial charge < -0.3 is 11.1 Å². The molecule has 1 aromatic carbocycles.